The molecule has 1 atom stereocenters. The predicted molar refractivity (Wildman–Crippen MR) is 75.4 cm³/mol. The molecule has 1 fully saturated rings. The Morgan fingerprint density at radius 2 is 2.00 bits per heavy atom. The minimum Gasteiger partial charge on any atom is -0.396 e. The van der Waals surface area contributed by atoms with Crippen LogP contribution in [0.2, 0.25) is 0 Å². The summed E-state index contributed by atoms with van der Waals surface area (Å²) in [4.78, 5) is 2.42. The van der Waals surface area contributed by atoms with Crippen molar-refractivity contribution in [3.63, 3.8) is 0 Å². The number of nitrogens with zero attached hydrogens (tertiary/aromatic N) is 1. The molecule has 1 N–H and O–H groups in total. The van der Waals surface area contributed by atoms with Gasteiger partial charge < -0.3 is 10.0 Å². The normalized spacial score (nSPS) is 23.8. The highest BCUT2D eigenvalue weighted by Crippen LogP contribution is 2.35. The van der Waals surface area contributed by atoms with Crippen molar-refractivity contribution >= 4 is 21.6 Å². The molecular weight excluding hydrogens is 278 g/mol. The number of halogens is 1. The third-order valence-corrected chi connectivity index (χ3v) is 4.26. The van der Waals surface area contributed by atoms with Crippen LogP contribution >= 0.6 is 15.9 Å². The number of piperidine rings is 1. The van der Waals surface area contributed by atoms with Crippen LogP contribution in [0.3, 0.4) is 0 Å². The lowest BCUT2D eigenvalue weighted by Gasteiger charge is -2.47. The van der Waals surface area contributed by atoms with Crippen molar-refractivity contribution in [3.05, 3.63) is 28.7 Å². The van der Waals surface area contributed by atoms with Crippen LogP contribution in [0.4, 0.5) is 5.69 Å². The van der Waals surface area contributed by atoms with Gasteiger partial charge in [0.25, 0.3) is 0 Å². The predicted octanol–water partition coefficient (Wildman–Crippen LogP) is 3.44. The number of hydrogen-bond donors (Lipinski definition) is 1. The Labute approximate surface area is 112 Å². The lowest BCUT2D eigenvalue weighted by molar-refractivity contribution is 0.181. The fourth-order valence-corrected chi connectivity index (χ4v) is 2.78. The van der Waals surface area contributed by atoms with E-state index in [0.29, 0.717) is 12.5 Å². The van der Waals surface area contributed by atoms with Gasteiger partial charge in [-0.15, -0.1) is 0 Å². The second kappa shape index (κ2) is 4.99. The lowest BCUT2D eigenvalue weighted by Crippen LogP contribution is -2.51. The summed E-state index contributed by atoms with van der Waals surface area (Å²) in [6, 6.07) is 8.44. The van der Waals surface area contributed by atoms with Gasteiger partial charge in [-0.2, -0.15) is 0 Å². The smallest absolute Gasteiger partial charge is 0.0476 e. The van der Waals surface area contributed by atoms with Crippen LogP contribution in [0.15, 0.2) is 28.7 Å². The highest BCUT2D eigenvalue weighted by atomic mass is 79.9. The second-order valence-corrected chi connectivity index (χ2v) is 6.40. The van der Waals surface area contributed by atoms with Gasteiger partial charge in [0.05, 0.1) is 0 Å². The molecule has 1 aromatic carbocycles. The van der Waals surface area contributed by atoms with Crippen LogP contribution in [-0.4, -0.2) is 23.8 Å². The van der Waals surface area contributed by atoms with Crippen LogP contribution in [0.25, 0.3) is 0 Å². The molecule has 3 heteroatoms. The fourth-order valence-electron chi connectivity index (χ4n) is 2.51. The van der Waals surface area contributed by atoms with E-state index in [9.17, 15) is 5.11 Å². The third-order valence-electron chi connectivity index (χ3n) is 3.73. The van der Waals surface area contributed by atoms with Gasteiger partial charge in [-0.05, 0) is 56.9 Å². The van der Waals surface area contributed by atoms with E-state index in [4.69, 9.17) is 0 Å². The summed E-state index contributed by atoms with van der Waals surface area (Å²) < 4.78 is 1.11. The van der Waals surface area contributed by atoms with Crippen molar-refractivity contribution in [3.8, 4) is 0 Å². The van der Waals surface area contributed by atoms with E-state index in [0.717, 1.165) is 23.9 Å². The first-order chi connectivity index (χ1) is 8.03. The summed E-state index contributed by atoms with van der Waals surface area (Å²) in [6.07, 6.45) is 2.25. The molecule has 1 saturated heterocycles. The fraction of sp³-hybridized carbons (Fsp3) is 0.571. The zero-order valence-corrected chi connectivity index (χ0v) is 12.1. The monoisotopic (exact) mass is 297 g/mol. The van der Waals surface area contributed by atoms with Crippen LogP contribution in [0, 0.1) is 5.92 Å². The first kappa shape index (κ1) is 12.9. The van der Waals surface area contributed by atoms with Gasteiger partial charge in [0.1, 0.15) is 0 Å². The van der Waals surface area contributed by atoms with E-state index in [-0.39, 0.29) is 5.54 Å². The van der Waals surface area contributed by atoms with Crippen molar-refractivity contribution in [1.29, 1.82) is 0 Å². The van der Waals surface area contributed by atoms with E-state index in [1.165, 1.54) is 5.69 Å². The molecule has 1 aliphatic rings. The van der Waals surface area contributed by atoms with Gasteiger partial charge in [-0.1, -0.05) is 15.9 Å². The molecule has 0 aliphatic carbocycles. The number of rotatable bonds is 2. The van der Waals surface area contributed by atoms with Crippen molar-refractivity contribution in [1.82, 2.24) is 0 Å². The number of benzene rings is 1. The first-order valence-corrected chi connectivity index (χ1v) is 6.96. The summed E-state index contributed by atoms with van der Waals surface area (Å²) >= 11 is 3.47. The molecule has 1 aliphatic heterocycles. The molecule has 17 heavy (non-hydrogen) atoms. The Hall–Kier alpha value is -0.540. The zero-order chi connectivity index (χ0) is 12.5. The van der Waals surface area contributed by atoms with Gasteiger partial charge in [-0.25, -0.2) is 0 Å². The molecular formula is C14H20BrNO. The number of aliphatic hydroxyl groups excluding tert-OH is 1. The minimum absolute atomic E-state index is 0.180. The molecule has 1 aromatic rings. The molecule has 2 nitrogen and oxygen atoms in total. The molecule has 0 aromatic heterocycles. The van der Waals surface area contributed by atoms with E-state index >= 15 is 0 Å². The van der Waals surface area contributed by atoms with Crippen molar-refractivity contribution in [2.75, 3.05) is 18.1 Å². The van der Waals surface area contributed by atoms with Crippen LogP contribution in [0.1, 0.15) is 26.7 Å². The quantitative estimate of drug-likeness (QED) is 0.904. The Kier molecular flexibility index (Phi) is 3.79. The van der Waals surface area contributed by atoms with Gasteiger partial charge in [0.15, 0.2) is 0 Å². The Morgan fingerprint density at radius 1 is 1.35 bits per heavy atom. The number of aliphatic hydroxyl groups is 1. The van der Waals surface area contributed by atoms with E-state index in [1.807, 2.05) is 0 Å². The number of anilines is 1. The summed E-state index contributed by atoms with van der Waals surface area (Å²) in [7, 11) is 0. The van der Waals surface area contributed by atoms with Crippen LogP contribution in [0.5, 0.6) is 0 Å². The van der Waals surface area contributed by atoms with Gasteiger partial charge in [-0.3, -0.25) is 0 Å². The van der Waals surface area contributed by atoms with Crippen molar-refractivity contribution < 1.29 is 5.11 Å². The minimum atomic E-state index is 0.180. The maximum absolute atomic E-state index is 9.34. The van der Waals surface area contributed by atoms with Crippen molar-refractivity contribution in [2.24, 2.45) is 5.92 Å². The van der Waals surface area contributed by atoms with E-state index < -0.39 is 0 Å². The molecule has 0 bridgehead atoms. The Bertz CT molecular complexity index is 374. The van der Waals surface area contributed by atoms with E-state index in [2.05, 4.69) is 58.9 Å². The Balaban J connectivity index is 2.23. The standard InChI is InChI=1S/C14H20BrNO/c1-14(2)8-7-11(10-17)9-16(14)13-5-3-12(15)4-6-13/h3-6,11,17H,7-10H2,1-2H3. The third kappa shape index (κ3) is 2.83. The molecule has 1 unspecified atom stereocenters. The second-order valence-electron chi connectivity index (χ2n) is 5.49. The Morgan fingerprint density at radius 3 is 2.59 bits per heavy atom. The molecule has 0 amide bonds. The van der Waals surface area contributed by atoms with Crippen molar-refractivity contribution in [2.45, 2.75) is 32.2 Å². The highest BCUT2D eigenvalue weighted by molar-refractivity contribution is 9.10. The zero-order valence-electron chi connectivity index (χ0n) is 10.5. The maximum Gasteiger partial charge on any atom is 0.0476 e. The van der Waals surface area contributed by atoms with Gasteiger partial charge in [0, 0.05) is 28.9 Å². The summed E-state index contributed by atoms with van der Waals surface area (Å²) in [5.41, 5.74) is 1.43. The average molecular weight is 298 g/mol. The van der Waals surface area contributed by atoms with Crippen LogP contribution in [-0.2, 0) is 0 Å². The highest BCUT2D eigenvalue weighted by Gasteiger charge is 2.33. The SMILES string of the molecule is CC1(C)CCC(CO)CN1c1ccc(Br)cc1. The largest absolute Gasteiger partial charge is 0.396 e. The van der Waals surface area contributed by atoms with Gasteiger partial charge in [0.2, 0.25) is 0 Å². The molecule has 0 saturated carbocycles. The summed E-state index contributed by atoms with van der Waals surface area (Å²) in [5, 5.41) is 9.34. The summed E-state index contributed by atoms with van der Waals surface area (Å²) in [6.45, 7) is 5.81. The topological polar surface area (TPSA) is 23.5 Å². The summed E-state index contributed by atoms with van der Waals surface area (Å²) in [5.74, 6) is 0.409. The molecule has 2 rings (SSSR count). The van der Waals surface area contributed by atoms with Crippen LogP contribution < -0.4 is 4.90 Å². The maximum atomic E-state index is 9.34. The average Bonchev–Trinajstić information content (AvgIpc) is 2.30. The lowest BCUT2D eigenvalue weighted by atomic mass is 9.84. The molecule has 0 spiro atoms. The first-order valence-electron chi connectivity index (χ1n) is 6.17. The van der Waals surface area contributed by atoms with E-state index in [1.54, 1.807) is 0 Å². The number of hydrogen-bond acceptors (Lipinski definition) is 2. The van der Waals surface area contributed by atoms with Gasteiger partial charge >= 0.3 is 0 Å². The molecule has 94 valence electrons. The molecule has 1 heterocycles. The molecule has 0 radical (unpaired) electrons.